The minimum Gasteiger partial charge on any atom is -0.850 e. The number of amides is 1. The van der Waals surface area contributed by atoms with Crippen LogP contribution in [0.5, 0.6) is 0 Å². The summed E-state index contributed by atoms with van der Waals surface area (Å²) in [6, 6.07) is 57.3. The summed E-state index contributed by atoms with van der Waals surface area (Å²) < 4.78 is 32.5. The van der Waals surface area contributed by atoms with E-state index in [0.29, 0.717) is 96.1 Å². The summed E-state index contributed by atoms with van der Waals surface area (Å²) in [5, 5.41) is 76.2. The molecule has 0 spiro atoms. The fourth-order valence-corrected chi connectivity index (χ4v) is 10.3. The molecule has 574 valence electrons. The normalized spacial score (nSPS) is 13.1. The molecule has 37 heteroatoms. The number of halogens is 2. The van der Waals surface area contributed by atoms with Crippen LogP contribution in [0.4, 0.5) is 5.95 Å². The Morgan fingerprint density at radius 3 is 1.32 bits per heavy atom. The summed E-state index contributed by atoms with van der Waals surface area (Å²) in [5.41, 5.74) is 9.01. The number of aryl methyl sites for hydroxylation is 1. The predicted molar refractivity (Wildman–Crippen MR) is 417 cm³/mol. The molecule has 3 saturated heterocycles. The second-order valence-corrected chi connectivity index (χ2v) is 25.1. The van der Waals surface area contributed by atoms with Gasteiger partial charge in [0.15, 0.2) is 0 Å². The molecule has 6 aromatic heterocycles. The number of aliphatic imine (C=N–C) groups is 1. The van der Waals surface area contributed by atoms with Gasteiger partial charge in [-0.25, -0.2) is 4.79 Å². The van der Waals surface area contributed by atoms with Crippen LogP contribution in [0.25, 0.3) is 55.2 Å². The third-order valence-corrected chi connectivity index (χ3v) is 15.3. The predicted octanol–water partition coefficient (Wildman–Crippen LogP) is 4.90. The van der Waals surface area contributed by atoms with E-state index in [1.54, 1.807) is 35.1 Å². The molecule has 7 aromatic carbocycles. The summed E-state index contributed by atoms with van der Waals surface area (Å²) in [5.74, 6) is 1.73. The number of nitrogens with zero attached hydrogens (tertiary/aromatic N) is 21. The molecule has 1 amide bonds. The first-order valence-electron chi connectivity index (χ1n) is 34.3. The number of para-hydroxylation sites is 6. The summed E-state index contributed by atoms with van der Waals surface area (Å²) in [4.78, 5) is 56.5. The fourth-order valence-electron chi connectivity index (χ4n) is 10.2. The number of hydrogen-bond donors (Lipinski definition) is 4. The zero-order chi connectivity index (χ0) is 77.2. The molecule has 0 atom stereocenters. The number of anilines is 1. The maximum Gasteiger partial charge on any atom is 1.00 e. The topological polar surface area (TPSA) is 420 Å². The molecule has 9 heterocycles. The zero-order valence-corrected chi connectivity index (χ0v) is 66.6. The van der Waals surface area contributed by atoms with Gasteiger partial charge < -0.3 is 43.5 Å². The van der Waals surface area contributed by atoms with Crippen molar-refractivity contribution in [2.45, 2.75) is 60.4 Å². The van der Waals surface area contributed by atoms with E-state index in [9.17, 15) is 19.5 Å². The molecule has 0 bridgehead atoms. The maximum atomic E-state index is 12.5. The van der Waals surface area contributed by atoms with Crippen LogP contribution in [-0.4, -0.2) is 227 Å². The van der Waals surface area contributed by atoms with E-state index in [1.807, 2.05) is 204 Å². The van der Waals surface area contributed by atoms with Gasteiger partial charge in [-0.05, 0) is 83.4 Å². The number of aromatic amines is 2. The molecule has 0 radical (unpaired) electrons. The smallest absolute Gasteiger partial charge is 0.850 e. The number of ether oxygens (including phenoxy) is 5. The van der Waals surface area contributed by atoms with Crippen LogP contribution in [0, 0.1) is 21.1 Å². The van der Waals surface area contributed by atoms with Gasteiger partial charge in [0.2, 0.25) is 29.1 Å². The number of fused-ring (bicyclic) bond motifs is 5. The Kier molecular flexibility index (Phi) is 36.8. The molecular weight excluding hydrogens is 1540 g/mol. The zero-order valence-electron chi connectivity index (χ0n) is 61.2. The Morgan fingerprint density at radius 2 is 0.910 bits per heavy atom. The van der Waals surface area contributed by atoms with Crippen LogP contribution in [0.3, 0.4) is 0 Å². The number of H-pyrrole nitrogens is 2. The van der Waals surface area contributed by atoms with E-state index in [1.165, 1.54) is 9.36 Å². The van der Waals surface area contributed by atoms with Crippen molar-refractivity contribution in [1.82, 2.24) is 100 Å². The van der Waals surface area contributed by atoms with Crippen molar-refractivity contribution in [2.24, 2.45) is 4.99 Å². The van der Waals surface area contributed by atoms with Gasteiger partial charge in [0.1, 0.15) is 57.1 Å². The summed E-state index contributed by atoms with van der Waals surface area (Å²) >= 11 is 7.53. The van der Waals surface area contributed by atoms with Crippen molar-refractivity contribution in [1.29, 1.82) is 16.1 Å². The van der Waals surface area contributed by atoms with E-state index < -0.39 is 10.8 Å². The second kappa shape index (κ2) is 46.4. The van der Waals surface area contributed by atoms with Gasteiger partial charge in [-0.2, -0.15) is 54.4 Å². The van der Waals surface area contributed by atoms with Gasteiger partial charge in [0, 0.05) is 61.6 Å². The Balaban J connectivity index is 0.000000186. The quantitative estimate of drug-likeness (QED) is 0.0612. The van der Waals surface area contributed by atoms with Crippen molar-refractivity contribution in [3.63, 3.8) is 0 Å². The van der Waals surface area contributed by atoms with Crippen LogP contribution in [0.2, 0.25) is 0 Å². The van der Waals surface area contributed by atoms with E-state index in [4.69, 9.17) is 51.4 Å². The second-order valence-electron chi connectivity index (χ2n) is 24.3. The molecule has 3 fully saturated rings. The van der Waals surface area contributed by atoms with Crippen molar-refractivity contribution >= 4 is 118 Å². The van der Waals surface area contributed by atoms with Gasteiger partial charge in [-0.3, -0.25) is 25.4 Å². The van der Waals surface area contributed by atoms with Crippen molar-refractivity contribution in [2.75, 3.05) is 97.0 Å². The number of hydrogen-bond acceptors (Lipinski definition) is 25. The fraction of sp³-hybridized carbons (Fsp3) is 0.311. The average molecular weight is 1620 g/mol. The number of benzene rings is 7. The van der Waals surface area contributed by atoms with Crippen LogP contribution in [0.15, 0.2) is 192 Å². The molecule has 34 nitrogen and oxygen atoms in total. The molecule has 16 rings (SSSR count). The third kappa shape index (κ3) is 27.9. The molecule has 0 saturated carbocycles. The first kappa shape index (κ1) is 88.0. The molecule has 13 aromatic rings. The van der Waals surface area contributed by atoms with E-state index in [0.717, 1.165) is 92.5 Å². The number of morpholine rings is 3. The van der Waals surface area contributed by atoms with Gasteiger partial charge in [0.25, 0.3) is 5.91 Å². The molecule has 3 aliphatic heterocycles. The van der Waals surface area contributed by atoms with Crippen LogP contribution < -0.4 is 67.1 Å². The van der Waals surface area contributed by atoms with Crippen molar-refractivity contribution in [3.8, 4) is 4.98 Å². The first-order valence-corrected chi connectivity index (χ1v) is 35.5. The van der Waals surface area contributed by atoms with E-state index in [2.05, 4.69) is 92.5 Å². The average Bonchev–Trinajstić information content (AvgIpc) is 1.67. The summed E-state index contributed by atoms with van der Waals surface area (Å²) in [6.07, 6.45) is 0.703. The molecule has 3 aliphatic rings. The number of aromatic nitrogens is 18. The standard InChI is InChI=1S/C20H21N5O3.C13H9N7.C11H13N5O.C9H9ClO2.C9H14N4O2.C6H5N3.C4H9O.CBrN.CH4.K/c26-19(15-28-14-16-6-2-1-3-7-16)21-20(24-10-12-27-13-11-24)25-18-9-5-4-8-17(18)22-23-25;14-13(19-11-7-3-1-5-9(11)15-17-19)20-12-8-4-2-6-10(12)16-18-20;12-11(15-5-7-17-8-6-15)16-10-4-2-1-3-9(10)13-14-16;10-9(11)7-12-6-8-4-2-1-3-5-8;1-2-7-10-8(12-9(14)11-7)13-3-5-15-6-4-13;1-2-4-6-5(3-1)7-9-8-6;1-4(2,3)5;2-1-3;;/h1-9H,10-15H2;1-8,14H;1-4,12H,5-8H2;1-5H,6-7H2;2-6H2,1H3,(H,10,11,12,14);1-4H,(H,7,8,9);1-3H3;;1H4;/q;;;;;;-1;;;+1. The van der Waals surface area contributed by atoms with Crippen LogP contribution in [0.1, 0.15) is 52.1 Å². The third-order valence-electron chi connectivity index (χ3n) is 15.2. The van der Waals surface area contributed by atoms with Gasteiger partial charge in [-0.15, -0.1) is 26.0 Å². The van der Waals surface area contributed by atoms with Crippen molar-refractivity contribution < 1.29 is 89.8 Å². The Morgan fingerprint density at radius 1 is 0.559 bits per heavy atom. The van der Waals surface area contributed by atoms with E-state index >= 15 is 0 Å². The molecule has 111 heavy (non-hydrogen) atoms. The molecule has 0 unspecified atom stereocenters. The Hall–Kier alpha value is -10.2. The van der Waals surface area contributed by atoms with Gasteiger partial charge in [0.05, 0.1) is 74.9 Å². The summed E-state index contributed by atoms with van der Waals surface area (Å²) in [7, 11) is 0. The number of carbonyl (C=O) groups is 2. The number of rotatable bonds is 10. The van der Waals surface area contributed by atoms with Crippen molar-refractivity contribution in [3.05, 3.63) is 209 Å². The number of nitriles is 1. The Bertz CT molecular complexity index is 5040. The summed E-state index contributed by atoms with van der Waals surface area (Å²) in [6.45, 7) is 15.5. The minimum absolute atomic E-state index is 0. The van der Waals surface area contributed by atoms with Crippen LogP contribution in [-0.2, 0) is 52.9 Å². The molecule has 4 N–H and O–H groups in total. The molecule has 0 aliphatic carbocycles. The number of nitrogens with one attached hydrogen (secondary N) is 4. The monoisotopic (exact) mass is 1620 g/mol. The maximum absolute atomic E-state index is 12.5. The SMILES string of the molecule is C.CC(C)(C)[O-].CCc1nc(N2CCOCC2)nc(=O)[nH]1.N#CBr.N=C(N1CCOCC1)n1nnc2ccccc21.N=C(n1nnc2ccccc21)n1nnc2ccccc21.O=C(COCc1ccccc1)N=C(N1CCOCC1)n1nnc2ccccc21.O=C(Cl)COCc1ccccc1.[K+].c1ccc2n[nH]nc2c1. The van der Waals surface area contributed by atoms with Gasteiger partial charge in [-0.1, -0.05) is 177 Å². The minimum atomic E-state index is -0.750. The van der Waals surface area contributed by atoms with E-state index in [-0.39, 0.29) is 89.6 Å². The first-order chi connectivity index (χ1) is 53.0. The Labute approximate surface area is 694 Å². The van der Waals surface area contributed by atoms with Crippen LogP contribution >= 0.6 is 27.5 Å². The van der Waals surface area contributed by atoms with Gasteiger partial charge >= 0.3 is 57.1 Å². The number of carbonyl (C=O) groups excluding carboxylic acids is 2. The molecular formula is C74H84BrClKN25O9. The largest absolute Gasteiger partial charge is 1.00 e.